The fourth-order valence-corrected chi connectivity index (χ4v) is 2.40. The third kappa shape index (κ3) is 5.59. The molecule has 0 fully saturated rings. The molecular weight excluding hydrogens is 256 g/mol. The van der Waals surface area contributed by atoms with Crippen LogP contribution in [0.4, 0.5) is 0 Å². The lowest BCUT2D eigenvalue weighted by Crippen LogP contribution is -2.38. The highest BCUT2D eigenvalue weighted by Gasteiger charge is 2.17. The summed E-state index contributed by atoms with van der Waals surface area (Å²) in [7, 11) is 0. The monoisotopic (exact) mass is 282 g/mol. The van der Waals surface area contributed by atoms with Crippen molar-refractivity contribution in [3.05, 3.63) is 16.1 Å². The number of nitrogens with two attached hydrogens (primary N) is 1. The predicted molar refractivity (Wildman–Crippen MR) is 83.9 cm³/mol. The molecule has 1 aromatic rings. The number of rotatable bonds is 5. The van der Waals surface area contributed by atoms with Crippen LogP contribution in [0.15, 0.2) is 10.4 Å². The van der Waals surface area contributed by atoms with Crippen LogP contribution in [0.3, 0.4) is 0 Å². The largest absolute Gasteiger partial charge is 0.370 e. The average Bonchev–Trinajstić information content (AvgIpc) is 2.77. The van der Waals surface area contributed by atoms with Gasteiger partial charge in [0.25, 0.3) is 0 Å². The van der Waals surface area contributed by atoms with E-state index in [1.165, 1.54) is 5.01 Å². The van der Waals surface area contributed by atoms with E-state index < -0.39 is 0 Å². The summed E-state index contributed by atoms with van der Waals surface area (Å²) >= 11 is 1.72. The number of nitrogens with one attached hydrogen (secondary N) is 1. The Morgan fingerprint density at radius 1 is 1.53 bits per heavy atom. The minimum atomic E-state index is 0.128. The molecule has 0 spiro atoms. The Balaban J connectivity index is 2.45. The van der Waals surface area contributed by atoms with E-state index >= 15 is 0 Å². The van der Waals surface area contributed by atoms with Gasteiger partial charge in [-0.3, -0.25) is 4.99 Å². The van der Waals surface area contributed by atoms with Crippen LogP contribution in [0.25, 0.3) is 0 Å². The van der Waals surface area contributed by atoms with E-state index in [4.69, 9.17) is 5.73 Å². The number of hydrogen-bond acceptors (Lipinski definition) is 3. The SMILES string of the molecule is CCC(C)NC(N)=NCCc1csc(C(C)(C)C)n1. The lowest BCUT2D eigenvalue weighted by Gasteiger charge is -2.13. The molecular formula is C14H26N4S. The van der Waals surface area contributed by atoms with Gasteiger partial charge in [0.2, 0.25) is 0 Å². The van der Waals surface area contributed by atoms with E-state index in [0.29, 0.717) is 18.5 Å². The zero-order valence-electron chi connectivity index (χ0n) is 12.7. The molecule has 0 aliphatic carbocycles. The van der Waals surface area contributed by atoms with E-state index in [0.717, 1.165) is 18.5 Å². The molecule has 0 aliphatic rings. The molecule has 1 rings (SSSR count). The maximum atomic E-state index is 5.81. The maximum Gasteiger partial charge on any atom is 0.188 e. The van der Waals surface area contributed by atoms with Crippen LogP contribution < -0.4 is 11.1 Å². The Hall–Kier alpha value is -1.10. The van der Waals surface area contributed by atoms with Crippen molar-refractivity contribution < 1.29 is 0 Å². The average molecular weight is 282 g/mol. The first-order valence-electron chi connectivity index (χ1n) is 6.84. The lowest BCUT2D eigenvalue weighted by molar-refractivity contribution is 0.583. The Morgan fingerprint density at radius 2 is 2.21 bits per heavy atom. The van der Waals surface area contributed by atoms with Crippen molar-refractivity contribution in [2.24, 2.45) is 10.7 Å². The van der Waals surface area contributed by atoms with Crippen LogP contribution in [0.2, 0.25) is 0 Å². The van der Waals surface area contributed by atoms with Crippen LogP contribution in [0.5, 0.6) is 0 Å². The van der Waals surface area contributed by atoms with Crippen molar-refractivity contribution >= 4 is 17.3 Å². The van der Waals surface area contributed by atoms with Crippen molar-refractivity contribution in [2.45, 2.75) is 58.9 Å². The first kappa shape index (κ1) is 16.0. The number of thiazole rings is 1. The minimum absolute atomic E-state index is 0.128. The highest BCUT2D eigenvalue weighted by molar-refractivity contribution is 7.09. The number of guanidine groups is 1. The van der Waals surface area contributed by atoms with Crippen LogP contribution >= 0.6 is 11.3 Å². The molecule has 0 saturated heterocycles. The molecule has 4 nitrogen and oxygen atoms in total. The number of nitrogens with zero attached hydrogens (tertiary/aromatic N) is 2. The van der Waals surface area contributed by atoms with Gasteiger partial charge in [-0.05, 0) is 13.3 Å². The van der Waals surface area contributed by atoms with E-state index in [9.17, 15) is 0 Å². The van der Waals surface area contributed by atoms with Gasteiger partial charge in [0.15, 0.2) is 5.96 Å². The molecule has 0 aromatic carbocycles. The van der Waals surface area contributed by atoms with E-state index in [-0.39, 0.29) is 5.41 Å². The fraction of sp³-hybridized carbons (Fsp3) is 0.714. The van der Waals surface area contributed by atoms with Crippen molar-refractivity contribution in [1.29, 1.82) is 0 Å². The Labute approximate surface area is 120 Å². The fourth-order valence-electron chi connectivity index (χ4n) is 1.46. The molecule has 1 unspecified atom stereocenters. The third-order valence-electron chi connectivity index (χ3n) is 2.85. The summed E-state index contributed by atoms with van der Waals surface area (Å²) in [5.41, 5.74) is 7.04. The zero-order chi connectivity index (χ0) is 14.5. The van der Waals surface area contributed by atoms with Crippen molar-refractivity contribution in [1.82, 2.24) is 10.3 Å². The minimum Gasteiger partial charge on any atom is -0.370 e. The molecule has 0 aliphatic heterocycles. The summed E-state index contributed by atoms with van der Waals surface area (Å²) in [4.78, 5) is 8.97. The van der Waals surface area contributed by atoms with Gasteiger partial charge in [0, 0.05) is 29.8 Å². The van der Waals surface area contributed by atoms with Gasteiger partial charge in [-0.1, -0.05) is 27.7 Å². The molecule has 19 heavy (non-hydrogen) atoms. The van der Waals surface area contributed by atoms with Crippen molar-refractivity contribution in [2.75, 3.05) is 6.54 Å². The zero-order valence-corrected chi connectivity index (χ0v) is 13.5. The van der Waals surface area contributed by atoms with Crippen molar-refractivity contribution in [3.63, 3.8) is 0 Å². The summed E-state index contributed by atoms with van der Waals surface area (Å²) in [6.07, 6.45) is 1.88. The number of hydrogen-bond donors (Lipinski definition) is 2. The summed E-state index contributed by atoms with van der Waals surface area (Å²) in [5, 5.41) is 6.45. The van der Waals surface area contributed by atoms with Crippen LogP contribution in [0.1, 0.15) is 51.7 Å². The second-order valence-corrected chi connectivity index (χ2v) is 6.72. The van der Waals surface area contributed by atoms with E-state index in [1.54, 1.807) is 11.3 Å². The summed E-state index contributed by atoms with van der Waals surface area (Å²) in [6, 6.07) is 0.371. The summed E-state index contributed by atoms with van der Waals surface area (Å²) in [6.45, 7) is 11.4. The van der Waals surface area contributed by atoms with Gasteiger partial charge in [0.1, 0.15) is 0 Å². The van der Waals surface area contributed by atoms with Gasteiger partial charge >= 0.3 is 0 Å². The lowest BCUT2D eigenvalue weighted by atomic mass is 9.98. The topological polar surface area (TPSA) is 63.3 Å². The van der Waals surface area contributed by atoms with Gasteiger partial charge in [0.05, 0.1) is 10.7 Å². The predicted octanol–water partition coefficient (Wildman–Crippen LogP) is 2.69. The van der Waals surface area contributed by atoms with Gasteiger partial charge in [-0.2, -0.15) is 0 Å². The molecule has 0 bridgehead atoms. The van der Waals surface area contributed by atoms with Gasteiger partial charge < -0.3 is 11.1 Å². The molecule has 1 aromatic heterocycles. The van der Waals surface area contributed by atoms with Gasteiger partial charge in [-0.25, -0.2) is 4.98 Å². The van der Waals surface area contributed by atoms with E-state index in [2.05, 4.69) is 55.3 Å². The number of aromatic nitrogens is 1. The molecule has 1 atom stereocenters. The third-order valence-corrected chi connectivity index (χ3v) is 4.17. The van der Waals surface area contributed by atoms with Gasteiger partial charge in [-0.15, -0.1) is 11.3 Å². The molecule has 3 N–H and O–H groups in total. The molecule has 0 radical (unpaired) electrons. The normalized spacial score (nSPS) is 14.5. The Morgan fingerprint density at radius 3 is 2.74 bits per heavy atom. The molecule has 5 heteroatoms. The summed E-state index contributed by atoms with van der Waals surface area (Å²) in [5.74, 6) is 0.528. The highest BCUT2D eigenvalue weighted by atomic mass is 32.1. The standard InChI is InChI=1S/C14H26N4S/c1-6-10(2)17-13(15)16-8-7-11-9-19-12(18-11)14(3,4)5/h9-10H,6-8H2,1-5H3,(H3,15,16,17). The first-order valence-corrected chi connectivity index (χ1v) is 7.72. The second kappa shape index (κ2) is 6.89. The Bertz CT molecular complexity index is 417. The molecule has 0 amide bonds. The van der Waals surface area contributed by atoms with Crippen LogP contribution in [-0.2, 0) is 11.8 Å². The second-order valence-electron chi connectivity index (χ2n) is 5.86. The first-order chi connectivity index (χ1) is 8.82. The molecule has 0 saturated carbocycles. The quantitative estimate of drug-likeness (QED) is 0.644. The smallest absolute Gasteiger partial charge is 0.188 e. The molecule has 1 heterocycles. The van der Waals surface area contributed by atoms with Crippen LogP contribution in [0, 0.1) is 0 Å². The maximum absolute atomic E-state index is 5.81. The van der Waals surface area contributed by atoms with Crippen molar-refractivity contribution in [3.8, 4) is 0 Å². The van der Waals surface area contributed by atoms with E-state index in [1.807, 2.05) is 0 Å². The molecule has 108 valence electrons. The highest BCUT2D eigenvalue weighted by Crippen LogP contribution is 2.25. The van der Waals surface area contributed by atoms with Crippen LogP contribution in [-0.4, -0.2) is 23.5 Å². The Kier molecular flexibility index (Phi) is 5.79. The number of aliphatic imine (C=N–C) groups is 1. The summed E-state index contributed by atoms with van der Waals surface area (Å²) < 4.78 is 0.